The molecule has 150 valence electrons. The summed E-state index contributed by atoms with van der Waals surface area (Å²) in [5, 5.41) is 10.9. The Morgan fingerprint density at radius 1 is 1.03 bits per heavy atom. The highest BCUT2D eigenvalue weighted by molar-refractivity contribution is 6.21. The van der Waals surface area contributed by atoms with Gasteiger partial charge in [0.1, 0.15) is 0 Å². The van der Waals surface area contributed by atoms with Gasteiger partial charge in [0, 0.05) is 38.7 Å². The second kappa shape index (κ2) is 8.64. The van der Waals surface area contributed by atoms with Gasteiger partial charge in [-0.3, -0.25) is 29.4 Å². The monoisotopic (exact) mass is 395 g/mol. The summed E-state index contributed by atoms with van der Waals surface area (Å²) in [4.78, 5) is 49.9. The van der Waals surface area contributed by atoms with Crippen LogP contribution in [0.25, 0.3) is 0 Å². The van der Waals surface area contributed by atoms with E-state index in [1.807, 2.05) is 30.3 Å². The summed E-state index contributed by atoms with van der Waals surface area (Å²) >= 11 is 0. The number of benzene rings is 2. The van der Waals surface area contributed by atoms with E-state index in [0.717, 1.165) is 16.5 Å². The molecule has 2 aromatic carbocycles. The number of nitro groups is 1. The molecule has 0 bridgehead atoms. The lowest BCUT2D eigenvalue weighted by Crippen LogP contribution is -2.32. The van der Waals surface area contributed by atoms with Gasteiger partial charge in [0.25, 0.3) is 17.5 Å². The smallest absolute Gasteiger partial charge is 0.270 e. The van der Waals surface area contributed by atoms with Gasteiger partial charge < -0.3 is 4.90 Å². The molecular formula is C21H21N3O5. The summed E-state index contributed by atoms with van der Waals surface area (Å²) in [6.45, 7) is 2.74. The van der Waals surface area contributed by atoms with E-state index in [1.165, 1.54) is 19.1 Å². The molecule has 0 fully saturated rings. The number of rotatable bonds is 8. The molecule has 0 aromatic heterocycles. The summed E-state index contributed by atoms with van der Waals surface area (Å²) in [5.74, 6) is -0.990. The van der Waals surface area contributed by atoms with Crippen LogP contribution in [-0.4, -0.2) is 45.5 Å². The van der Waals surface area contributed by atoms with Gasteiger partial charge in [0.2, 0.25) is 5.91 Å². The maximum absolute atomic E-state index is 12.5. The molecule has 0 saturated heterocycles. The molecule has 0 unspecified atom stereocenters. The largest absolute Gasteiger partial charge is 0.339 e. The van der Waals surface area contributed by atoms with Crippen molar-refractivity contribution >= 4 is 23.4 Å². The number of amides is 3. The topological polar surface area (TPSA) is 101 Å². The van der Waals surface area contributed by atoms with Gasteiger partial charge in [-0.2, -0.15) is 0 Å². The van der Waals surface area contributed by atoms with Crippen LogP contribution in [0.4, 0.5) is 5.69 Å². The van der Waals surface area contributed by atoms with Crippen LogP contribution >= 0.6 is 0 Å². The number of carbonyl (C=O) groups excluding carboxylic acids is 3. The molecule has 0 aliphatic carbocycles. The Balaban J connectivity index is 1.56. The Morgan fingerprint density at radius 3 is 2.38 bits per heavy atom. The molecule has 29 heavy (non-hydrogen) atoms. The summed E-state index contributed by atoms with van der Waals surface area (Å²) in [6.07, 6.45) is 1.16. The first kappa shape index (κ1) is 20.2. The van der Waals surface area contributed by atoms with Crippen molar-refractivity contribution in [2.75, 3.05) is 13.1 Å². The van der Waals surface area contributed by atoms with Gasteiger partial charge in [0.05, 0.1) is 16.1 Å². The van der Waals surface area contributed by atoms with Crippen LogP contribution in [0.2, 0.25) is 0 Å². The number of hydrogen-bond acceptors (Lipinski definition) is 5. The molecule has 1 heterocycles. The van der Waals surface area contributed by atoms with Gasteiger partial charge >= 0.3 is 0 Å². The number of unbranched alkanes of at least 4 members (excludes halogenated alkanes) is 1. The molecule has 3 rings (SSSR count). The minimum atomic E-state index is -0.593. The quantitative estimate of drug-likeness (QED) is 0.296. The Hall–Kier alpha value is -3.55. The number of imide groups is 1. The van der Waals surface area contributed by atoms with Crippen molar-refractivity contribution in [2.24, 2.45) is 0 Å². The summed E-state index contributed by atoms with van der Waals surface area (Å²) < 4.78 is 0. The molecule has 2 aromatic rings. The molecule has 8 nitrogen and oxygen atoms in total. The molecule has 0 radical (unpaired) electrons. The van der Waals surface area contributed by atoms with E-state index in [0.29, 0.717) is 25.9 Å². The van der Waals surface area contributed by atoms with Gasteiger partial charge in [0.15, 0.2) is 0 Å². The minimum absolute atomic E-state index is 0.0399. The van der Waals surface area contributed by atoms with Gasteiger partial charge in [-0.05, 0) is 24.5 Å². The third-order valence-electron chi connectivity index (χ3n) is 4.89. The third-order valence-corrected chi connectivity index (χ3v) is 4.89. The lowest BCUT2D eigenvalue weighted by atomic mass is 10.1. The summed E-state index contributed by atoms with van der Waals surface area (Å²) in [6, 6.07) is 13.3. The molecule has 1 aliphatic rings. The predicted molar refractivity (Wildman–Crippen MR) is 105 cm³/mol. The summed E-state index contributed by atoms with van der Waals surface area (Å²) in [7, 11) is 0. The summed E-state index contributed by atoms with van der Waals surface area (Å²) in [5.41, 5.74) is 1.07. The zero-order chi connectivity index (χ0) is 21.0. The number of nitro benzene ring substituents is 1. The maximum Gasteiger partial charge on any atom is 0.270 e. The Labute approximate surface area is 167 Å². The number of nitrogens with zero attached hydrogens (tertiary/aromatic N) is 3. The molecule has 3 amide bonds. The van der Waals surface area contributed by atoms with Crippen LogP contribution in [0, 0.1) is 10.1 Å². The number of carbonyl (C=O) groups is 3. The van der Waals surface area contributed by atoms with E-state index in [-0.39, 0.29) is 29.3 Å². The van der Waals surface area contributed by atoms with Crippen molar-refractivity contribution < 1.29 is 19.3 Å². The molecule has 0 saturated carbocycles. The second-order valence-electron chi connectivity index (χ2n) is 6.88. The van der Waals surface area contributed by atoms with Crippen molar-refractivity contribution in [3.63, 3.8) is 0 Å². The van der Waals surface area contributed by atoms with E-state index >= 15 is 0 Å². The van der Waals surface area contributed by atoms with Gasteiger partial charge in [-0.25, -0.2) is 0 Å². The molecule has 8 heteroatoms. The lowest BCUT2D eigenvalue weighted by Gasteiger charge is -2.22. The van der Waals surface area contributed by atoms with E-state index in [2.05, 4.69) is 0 Å². The van der Waals surface area contributed by atoms with Crippen LogP contribution in [0.15, 0.2) is 48.5 Å². The average molecular weight is 395 g/mol. The Morgan fingerprint density at radius 2 is 1.72 bits per heavy atom. The van der Waals surface area contributed by atoms with Crippen molar-refractivity contribution in [3.05, 3.63) is 75.3 Å². The van der Waals surface area contributed by atoms with Crippen molar-refractivity contribution in [1.82, 2.24) is 9.80 Å². The second-order valence-corrected chi connectivity index (χ2v) is 6.88. The molecule has 1 aliphatic heterocycles. The van der Waals surface area contributed by atoms with Gasteiger partial charge in [-0.15, -0.1) is 0 Å². The zero-order valence-electron chi connectivity index (χ0n) is 16.0. The van der Waals surface area contributed by atoms with E-state index < -0.39 is 16.7 Å². The van der Waals surface area contributed by atoms with Crippen LogP contribution in [0.3, 0.4) is 0 Å². The number of non-ortho nitro benzene ring substituents is 1. The predicted octanol–water partition coefficient (Wildman–Crippen LogP) is 3.02. The third kappa shape index (κ3) is 4.48. The fourth-order valence-corrected chi connectivity index (χ4v) is 3.32. The molecule has 0 atom stereocenters. The molecule has 0 spiro atoms. The van der Waals surface area contributed by atoms with Crippen molar-refractivity contribution in [3.8, 4) is 0 Å². The highest BCUT2D eigenvalue weighted by atomic mass is 16.6. The van der Waals surface area contributed by atoms with Gasteiger partial charge in [-0.1, -0.05) is 30.3 Å². The van der Waals surface area contributed by atoms with Crippen LogP contribution in [-0.2, 0) is 11.3 Å². The minimum Gasteiger partial charge on any atom is -0.339 e. The van der Waals surface area contributed by atoms with E-state index in [1.54, 1.807) is 4.90 Å². The first-order valence-corrected chi connectivity index (χ1v) is 9.32. The fraction of sp³-hybridized carbons (Fsp3) is 0.286. The van der Waals surface area contributed by atoms with E-state index in [9.17, 15) is 24.5 Å². The normalized spacial score (nSPS) is 12.8. The van der Waals surface area contributed by atoms with Crippen LogP contribution < -0.4 is 0 Å². The standard InChI is InChI=1S/C21H21N3O5/c1-15(25)22(14-16-7-3-2-4-8-16)11-5-6-12-23-20(26)18-10-9-17(24(28)29)13-19(18)21(23)27/h2-4,7-10,13H,5-6,11-12,14H2,1H3. The van der Waals surface area contributed by atoms with Crippen molar-refractivity contribution in [2.45, 2.75) is 26.3 Å². The van der Waals surface area contributed by atoms with Crippen molar-refractivity contribution in [1.29, 1.82) is 0 Å². The lowest BCUT2D eigenvalue weighted by molar-refractivity contribution is -0.384. The molecular weight excluding hydrogens is 374 g/mol. The SMILES string of the molecule is CC(=O)N(CCCCN1C(=O)c2ccc([N+](=O)[O-])cc2C1=O)Cc1ccccc1. The fourth-order valence-electron chi connectivity index (χ4n) is 3.32. The Kier molecular flexibility index (Phi) is 6.01. The molecule has 0 N–H and O–H groups in total. The number of fused-ring (bicyclic) bond motifs is 1. The maximum atomic E-state index is 12.5. The highest BCUT2D eigenvalue weighted by Gasteiger charge is 2.36. The first-order chi connectivity index (χ1) is 13.9. The Bertz CT molecular complexity index is 958. The zero-order valence-corrected chi connectivity index (χ0v) is 16.0. The number of hydrogen-bond donors (Lipinski definition) is 0. The van der Waals surface area contributed by atoms with E-state index in [4.69, 9.17) is 0 Å². The van der Waals surface area contributed by atoms with Crippen LogP contribution in [0.1, 0.15) is 46.0 Å². The average Bonchev–Trinajstić information content (AvgIpc) is 2.95. The van der Waals surface area contributed by atoms with Crippen LogP contribution in [0.5, 0.6) is 0 Å². The first-order valence-electron chi connectivity index (χ1n) is 9.32. The highest BCUT2D eigenvalue weighted by Crippen LogP contribution is 2.27.